The second-order valence-electron chi connectivity index (χ2n) is 1.89. The highest BCUT2D eigenvalue weighted by Crippen LogP contribution is 2.19. The molecule has 11 heavy (non-hydrogen) atoms. The van der Waals surface area contributed by atoms with Crippen LogP contribution in [0.25, 0.3) is 0 Å². The lowest BCUT2D eigenvalue weighted by molar-refractivity contribution is 0.699. The average Bonchev–Trinajstić information content (AvgIpc) is 2.58. The normalized spacial score (nSPS) is 16.0. The summed E-state index contributed by atoms with van der Waals surface area (Å²) in [7, 11) is 0. The maximum absolute atomic E-state index is 3.94. The molecule has 0 N–H and O–H groups in total. The maximum Gasteiger partial charge on any atom is 0.244 e. The van der Waals surface area contributed by atoms with E-state index in [0.717, 1.165) is 0 Å². The van der Waals surface area contributed by atoms with Gasteiger partial charge in [0.25, 0.3) is 0 Å². The molecule has 1 aliphatic heterocycles. The summed E-state index contributed by atoms with van der Waals surface area (Å²) in [6, 6.07) is 1.73. The molecule has 0 radical (unpaired) electrons. The molecular weight excluding hydrogens is 144 g/mol. The highest BCUT2D eigenvalue weighted by molar-refractivity contribution is 4.94. The van der Waals surface area contributed by atoms with Crippen molar-refractivity contribution in [3.8, 4) is 0 Å². The second-order valence-corrected chi connectivity index (χ2v) is 1.89. The summed E-state index contributed by atoms with van der Waals surface area (Å²) >= 11 is 0. The van der Waals surface area contributed by atoms with Gasteiger partial charge >= 0.3 is 0 Å². The van der Waals surface area contributed by atoms with Crippen molar-refractivity contribution in [1.82, 2.24) is 9.97 Å². The molecule has 6 heteroatoms. The van der Waals surface area contributed by atoms with E-state index in [0.29, 0.717) is 5.82 Å². The standard InChI is InChI=1S/C5H4N6/c1-2-6-4(7-3-1)5-8-10-11-9-5/h1-3,5H. The first-order valence-electron chi connectivity index (χ1n) is 3.04. The van der Waals surface area contributed by atoms with Gasteiger partial charge in [-0.05, 0) is 16.5 Å². The van der Waals surface area contributed by atoms with Crippen LogP contribution in [-0.4, -0.2) is 9.97 Å². The third-order valence-electron chi connectivity index (χ3n) is 1.18. The number of hydrogen-bond donors (Lipinski definition) is 0. The fourth-order valence-corrected chi connectivity index (χ4v) is 0.714. The van der Waals surface area contributed by atoms with Crippen molar-refractivity contribution in [2.45, 2.75) is 6.17 Å². The summed E-state index contributed by atoms with van der Waals surface area (Å²) in [6.07, 6.45) is 2.83. The van der Waals surface area contributed by atoms with Crippen molar-refractivity contribution in [2.24, 2.45) is 20.7 Å². The Hall–Kier alpha value is -1.72. The van der Waals surface area contributed by atoms with Crippen molar-refractivity contribution < 1.29 is 0 Å². The van der Waals surface area contributed by atoms with E-state index in [1.54, 1.807) is 18.5 Å². The molecule has 0 spiro atoms. The first-order valence-corrected chi connectivity index (χ1v) is 3.04. The van der Waals surface area contributed by atoms with Gasteiger partial charge in [0, 0.05) is 12.4 Å². The molecule has 0 aromatic carbocycles. The SMILES string of the molecule is c1cnc(C2N=NN=N2)nc1. The minimum absolute atomic E-state index is 0.434. The Bertz CT molecular complexity index is 279. The smallest absolute Gasteiger partial charge is 0.237 e. The Morgan fingerprint density at radius 1 is 1.00 bits per heavy atom. The lowest BCUT2D eigenvalue weighted by atomic mass is 10.5. The number of rotatable bonds is 1. The van der Waals surface area contributed by atoms with E-state index in [1.165, 1.54) is 0 Å². The molecule has 0 saturated carbocycles. The van der Waals surface area contributed by atoms with E-state index >= 15 is 0 Å². The molecule has 1 aromatic heterocycles. The van der Waals surface area contributed by atoms with Gasteiger partial charge in [0.2, 0.25) is 6.17 Å². The molecular formula is C5H4N6. The highest BCUT2D eigenvalue weighted by atomic mass is 15.6. The van der Waals surface area contributed by atoms with Crippen LogP contribution in [0.4, 0.5) is 0 Å². The fraction of sp³-hybridized carbons (Fsp3) is 0.200. The molecule has 0 atom stereocenters. The Balaban J connectivity index is 2.30. The van der Waals surface area contributed by atoms with Gasteiger partial charge in [-0.15, -0.1) is 10.2 Å². The molecule has 0 bridgehead atoms. The Morgan fingerprint density at radius 2 is 1.64 bits per heavy atom. The quantitative estimate of drug-likeness (QED) is 0.602. The zero-order valence-corrected chi connectivity index (χ0v) is 5.49. The third-order valence-corrected chi connectivity index (χ3v) is 1.18. The molecule has 0 saturated heterocycles. The van der Waals surface area contributed by atoms with Gasteiger partial charge in [-0.2, -0.15) is 0 Å². The van der Waals surface area contributed by atoms with Crippen LogP contribution in [-0.2, 0) is 0 Å². The monoisotopic (exact) mass is 148 g/mol. The molecule has 1 aliphatic rings. The summed E-state index contributed by atoms with van der Waals surface area (Å²) in [5.41, 5.74) is 0. The second kappa shape index (κ2) is 2.49. The van der Waals surface area contributed by atoms with Crippen LogP contribution < -0.4 is 0 Å². The van der Waals surface area contributed by atoms with Crippen molar-refractivity contribution in [3.63, 3.8) is 0 Å². The number of aromatic nitrogens is 2. The van der Waals surface area contributed by atoms with Crippen LogP contribution in [0, 0.1) is 0 Å². The molecule has 0 fully saturated rings. The summed E-state index contributed by atoms with van der Waals surface area (Å²) in [5, 5.41) is 14.0. The van der Waals surface area contributed by atoms with Crippen LogP contribution in [0.1, 0.15) is 12.0 Å². The van der Waals surface area contributed by atoms with E-state index in [1.807, 2.05) is 0 Å². The van der Waals surface area contributed by atoms with Crippen molar-refractivity contribution in [2.75, 3.05) is 0 Å². The van der Waals surface area contributed by atoms with Gasteiger partial charge in [0.1, 0.15) is 0 Å². The van der Waals surface area contributed by atoms with Crippen molar-refractivity contribution >= 4 is 0 Å². The first kappa shape index (κ1) is 6.02. The van der Waals surface area contributed by atoms with Crippen LogP contribution in [0.5, 0.6) is 0 Å². The maximum atomic E-state index is 3.94. The van der Waals surface area contributed by atoms with Gasteiger partial charge in [-0.1, -0.05) is 0 Å². The van der Waals surface area contributed by atoms with E-state index < -0.39 is 6.17 Å². The molecule has 0 aliphatic carbocycles. The van der Waals surface area contributed by atoms with Crippen LogP contribution >= 0.6 is 0 Å². The molecule has 1 aromatic rings. The minimum Gasteiger partial charge on any atom is -0.237 e. The molecule has 54 valence electrons. The zero-order chi connectivity index (χ0) is 7.52. The molecule has 2 heterocycles. The van der Waals surface area contributed by atoms with Gasteiger partial charge in [-0.25, -0.2) is 9.97 Å². The average molecular weight is 148 g/mol. The number of nitrogens with zero attached hydrogens (tertiary/aromatic N) is 6. The van der Waals surface area contributed by atoms with Gasteiger partial charge in [0.05, 0.1) is 0 Å². The first-order chi connectivity index (χ1) is 5.47. The zero-order valence-electron chi connectivity index (χ0n) is 5.49. The van der Waals surface area contributed by atoms with Gasteiger partial charge in [-0.3, -0.25) is 0 Å². The van der Waals surface area contributed by atoms with Crippen LogP contribution in [0.3, 0.4) is 0 Å². The molecule has 0 unspecified atom stereocenters. The third kappa shape index (κ3) is 1.09. The molecule has 0 amide bonds. The molecule has 2 rings (SSSR count). The van der Waals surface area contributed by atoms with Gasteiger partial charge in [0.15, 0.2) is 5.82 Å². The lowest BCUT2D eigenvalue weighted by Gasteiger charge is -1.95. The Morgan fingerprint density at radius 3 is 2.27 bits per heavy atom. The largest absolute Gasteiger partial charge is 0.244 e. The van der Waals surface area contributed by atoms with Crippen molar-refractivity contribution in [1.29, 1.82) is 0 Å². The lowest BCUT2D eigenvalue weighted by Crippen LogP contribution is -1.95. The topological polar surface area (TPSA) is 75.2 Å². The summed E-state index contributed by atoms with van der Waals surface area (Å²) < 4.78 is 0. The minimum atomic E-state index is -0.434. The van der Waals surface area contributed by atoms with E-state index in [4.69, 9.17) is 0 Å². The van der Waals surface area contributed by atoms with Gasteiger partial charge < -0.3 is 0 Å². The fourth-order valence-electron chi connectivity index (χ4n) is 0.714. The summed E-state index contributed by atoms with van der Waals surface area (Å²) in [5.74, 6) is 0.525. The predicted octanol–water partition coefficient (Wildman–Crippen LogP) is 1.31. The number of hydrogen-bond acceptors (Lipinski definition) is 6. The highest BCUT2D eigenvalue weighted by Gasteiger charge is 2.14. The summed E-state index contributed by atoms with van der Waals surface area (Å²) in [6.45, 7) is 0. The van der Waals surface area contributed by atoms with E-state index in [-0.39, 0.29) is 0 Å². The Kier molecular flexibility index (Phi) is 1.36. The van der Waals surface area contributed by atoms with Crippen molar-refractivity contribution in [3.05, 3.63) is 24.3 Å². The van der Waals surface area contributed by atoms with E-state index in [2.05, 4.69) is 30.6 Å². The van der Waals surface area contributed by atoms with E-state index in [9.17, 15) is 0 Å². The Labute approximate surface area is 62.1 Å². The van der Waals surface area contributed by atoms with Crippen LogP contribution in [0.15, 0.2) is 39.1 Å². The molecule has 6 nitrogen and oxygen atoms in total. The predicted molar refractivity (Wildman–Crippen MR) is 34.5 cm³/mol. The summed E-state index contributed by atoms with van der Waals surface area (Å²) in [4.78, 5) is 7.88. The van der Waals surface area contributed by atoms with Crippen LogP contribution in [0.2, 0.25) is 0 Å².